The van der Waals surface area contributed by atoms with Crippen molar-refractivity contribution in [3.05, 3.63) is 95.1 Å². The van der Waals surface area contributed by atoms with Crippen molar-refractivity contribution in [3.8, 4) is 11.5 Å². The van der Waals surface area contributed by atoms with Gasteiger partial charge in [0.05, 0.1) is 13.2 Å². The monoisotopic (exact) mass is 560 g/mol. The zero-order chi connectivity index (χ0) is 30.1. The van der Waals surface area contributed by atoms with Crippen LogP contribution in [0.25, 0.3) is 11.6 Å². The van der Waals surface area contributed by atoms with Crippen LogP contribution in [0, 0.1) is 0 Å². The lowest BCUT2D eigenvalue weighted by atomic mass is 9.93. The molecule has 41 heavy (non-hydrogen) atoms. The van der Waals surface area contributed by atoms with Crippen LogP contribution in [0.15, 0.2) is 72.9 Å². The van der Waals surface area contributed by atoms with Gasteiger partial charge < -0.3 is 24.1 Å². The van der Waals surface area contributed by atoms with Crippen molar-refractivity contribution in [2.45, 2.75) is 52.7 Å². The van der Waals surface area contributed by atoms with E-state index in [-0.39, 0.29) is 13.2 Å². The summed E-state index contributed by atoms with van der Waals surface area (Å²) in [5.74, 6) is -0.466. The highest BCUT2D eigenvalue weighted by Crippen LogP contribution is 2.38. The van der Waals surface area contributed by atoms with Crippen LogP contribution in [0.1, 0.15) is 55.9 Å². The molecule has 1 heterocycles. The third kappa shape index (κ3) is 8.78. The van der Waals surface area contributed by atoms with Gasteiger partial charge in [0.25, 0.3) is 0 Å². The number of aryl methyl sites for hydroxylation is 2. The molecule has 0 saturated heterocycles. The number of ether oxygens (including phenoxy) is 4. The second-order valence-electron chi connectivity index (χ2n) is 9.98. The predicted molar refractivity (Wildman–Crippen MR) is 156 cm³/mol. The lowest BCUT2D eigenvalue weighted by Gasteiger charge is -2.26. The first-order chi connectivity index (χ1) is 19.5. The van der Waals surface area contributed by atoms with Crippen LogP contribution in [0.5, 0.6) is 11.5 Å². The second kappa shape index (κ2) is 14.3. The molecular formula is C33H36O8. The zero-order valence-corrected chi connectivity index (χ0v) is 23.8. The third-order valence-electron chi connectivity index (χ3n) is 6.17. The fraction of sp³-hybridized carbons (Fsp3) is 0.303. The van der Waals surface area contributed by atoms with Gasteiger partial charge in [0, 0.05) is 27.9 Å². The molecule has 0 bridgehead atoms. The molecule has 1 aliphatic heterocycles. The van der Waals surface area contributed by atoms with Crippen molar-refractivity contribution in [2.75, 3.05) is 13.2 Å². The minimum atomic E-state index is -1.22. The largest absolute Gasteiger partial charge is 0.462 e. The minimum Gasteiger partial charge on any atom is -0.462 e. The molecule has 0 unspecified atom stereocenters. The van der Waals surface area contributed by atoms with Gasteiger partial charge in [0.2, 0.25) is 6.29 Å². The SMILES string of the molecule is C=C(C)C(=O)OCCCc1cc2c(c(CCCOC(=O)C(=C)C)c1)O[C@H](O)C(c1ccc(OC(=O)C(=C)C)cc1)=C2. The molecule has 0 saturated carbocycles. The molecular weight excluding hydrogens is 524 g/mol. The Morgan fingerprint density at radius 2 is 1.39 bits per heavy atom. The molecule has 0 amide bonds. The molecule has 216 valence electrons. The fourth-order valence-corrected chi connectivity index (χ4v) is 4.03. The molecule has 1 aliphatic rings. The number of carbonyl (C=O) groups is 3. The molecule has 0 aliphatic carbocycles. The van der Waals surface area contributed by atoms with Crippen LogP contribution >= 0.6 is 0 Å². The Labute approximate surface area is 240 Å². The van der Waals surface area contributed by atoms with Gasteiger partial charge in [-0.3, -0.25) is 0 Å². The Balaban J connectivity index is 1.84. The van der Waals surface area contributed by atoms with Gasteiger partial charge in [-0.15, -0.1) is 0 Å². The van der Waals surface area contributed by atoms with Crippen molar-refractivity contribution in [1.82, 2.24) is 0 Å². The first-order valence-electron chi connectivity index (χ1n) is 13.3. The van der Waals surface area contributed by atoms with Crippen LogP contribution in [-0.2, 0) is 36.7 Å². The average molecular weight is 561 g/mol. The summed E-state index contributed by atoms with van der Waals surface area (Å²) < 4.78 is 21.7. The summed E-state index contributed by atoms with van der Waals surface area (Å²) in [4.78, 5) is 35.3. The molecule has 0 radical (unpaired) electrons. The number of fused-ring (bicyclic) bond motifs is 1. The number of carbonyl (C=O) groups excluding carboxylic acids is 3. The molecule has 0 aromatic heterocycles. The molecule has 1 atom stereocenters. The summed E-state index contributed by atoms with van der Waals surface area (Å²) in [7, 11) is 0. The maximum Gasteiger partial charge on any atom is 0.338 e. The van der Waals surface area contributed by atoms with Crippen LogP contribution < -0.4 is 9.47 Å². The van der Waals surface area contributed by atoms with Crippen molar-refractivity contribution in [2.24, 2.45) is 0 Å². The molecule has 2 aromatic carbocycles. The molecule has 8 nitrogen and oxygen atoms in total. The topological polar surface area (TPSA) is 108 Å². The lowest BCUT2D eigenvalue weighted by molar-refractivity contribution is -0.139. The lowest BCUT2D eigenvalue weighted by Crippen LogP contribution is -2.22. The van der Waals surface area contributed by atoms with Gasteiger partial charge in [-0.25, -0.2) is 14.4 Å². The van der Waals surface area contributed by atoms with E-state index in [1.165, 1.54) is 0 Å². The van der Waals surface area contributed by atoms with Crippen LogP contribution in [-0.4, -0.2) is 42.5 Å². The fourth-order valence-electron chi connectivity index (χ4n) is 4.03. The summed E-state index contributed by atoms with van der Waals surface area (Å²) in [6.45, 7) is 16.0. The number of aliphatic hydroxyl groups is 1. The predicted octanol–water partition coefficient (Wildman–Crippen LogP) is 5.52. The zero-order valence-electron chi connectivity index (χ0n) is 23.8. The number of hydrogen-bond acceptors (Lipinski definition) is 8. The first kappa shape index (κ1) is 31.1. The molecule has 3 rings (SSSR count). The summed E-state index contributed by atoms with van der Waals surface area (Å²) in [5.41, 5.74) is 4.87. The van der Waals surface area contributed by atoms with E-state index < -0.39 is 24.2 Å². The highest BCUT2D eigenvalue weighted by atomic mass is 16.6. The van der Waals surface area contributed by atoms with Gasteiger partial charge in [-0.05, 0) is 87.4 Å². The van der Waals surface area contributed by atoms with E-state index in [2.05, 4.69) is 19.7 Å². The standard InChI is InChI=1S/C33H36O8/c1-20(2)30(34)38-15-7-9-23-17-25(10-8-16-39-31(35)21(3)4)29-26(18-23)19-28(33(37)41-29)24-11-13-27(14-12-24)40-32(36)22(5)6/h11-14,17-19,33,37H,1,3,5,7-10,15-16H2,2,4,6H3/t33-/m0/s1. The highest BCUT2D eigenvalue weighted by Gasteiger charge is 2.25. The maximum atomic E-state index is 11.8. The molecule has 1 N–H and O–H groups in total. The second-order valence-corrected chi connectivity index (χ2v) is 9.98. The van der Waals surface area contributed by atoms with E-state index in [0.29, 0.717) is 65.0 Å². The minimum absolute atomic E-state index is 0.216. The number of rotatable bonds is 13. The Kier molecular flexibility index (Phi) is 10.8. The van der Waals surface area contributed by atoms with Crippen molar-refractivity contribution < 1.29 is 38.4 Å². The van der Waals surface area contributed by atoms with E-state index in [1.807, 2.05) is 18.2 Å². The normalized spacial score (nSPS) is 13.7. The average Bonchev–Trinajstić information content (AvgIpc) is 2.93. The van der Waals surface area contributed by atoms with Crippen molar-refractivity contribution >= 4 is 29.6 Å². The van der Waals surface area contributed by atoms with E-state index >= 15 is 0 Å². The van der Waals surface area contributed by atoms with Crippen LogP contribution in [0.3, 0.4) is 0 Å². The smallest absolute Gasteiger partial charge is 0.338 e. The number of esters is 3. The van der Waals surface area contributed by atoms with E-state index in [4.69, 9.17) is 18.9 Å². The maximum absolute atomic E-state index is 11.8. The Bertz CT molecular complexity index is 1380. The summed E-state index contributed by atoms with van der Waals surface area (Å²) in [5, 5.41) is 10.9. The van der Waals surface area contributed by atoms with E-state index in [1.54, 1.807) is 45.0 Å². The van der Waals surface area contributed by atoms with Crippen molar-refractivity contribution in [3.63, 3.8) is 0 Å². The Hall–Kier alpha value is -4.43. The molecule has 0 spiro atoms. The van der Waals surface area contributed by atoms with Gasteiger partial charge >= 0.3 is 17.9 Å². The Morgan fingerprint density at radius 1 is 0.829 bits per heavy atom. The molecule has 8 heteroatoms. The van der Waals surface area contributed by atoms with Gasteiger partial charge in [-0.2, -0.15) is 0 Å². The first-order valence-corrected chi connectivity index (χ1v) is 13.3. The van der Waals surface area contributed by atoms with E-state index in [0.717, 1.165) is 16.7 Å². The number of hydrogen-bond donors (Lipinski definition) is 1. The molecule has 2 aromatic rings. The van der Waals surface area contributed by atoms with Crippen molar-refractivity contribution in [1.29, 1.82) is 0 Å². The van der Waals surface area contributed by atoms with Gasteiger partial charge in [0.15, 0.2) is 0 Å². The number of benzene rings is 2. The summed E-state index contributed by atoms with van der Waals surface area (Å²) in [6, 6.07) is 10.7. The number of aliphatic hydroxyl groups excluding tert-OH is 1. The quantitative estimate of drug-likeness (QED) is 0.148. The third-order valence-corrected chi connectivity index (χ3v) is 6.17. The van der Waals surface area contributed by atoms with Gasteiger partial charge in [0.1, 0.15) is 11.5 Å². The van der Waals surface area contributed by atoms with Crippen LogP contribution in [0.2, 0.25) is 0 Å². The summed E-state index contributed by atoms with van der Waals surface area (Å²) in [6.07, 6.45) is 2.99. The van der Waals surface area contributed by atoms with E-state index in [9.17, 15) is 19.5 Å². The summed E-state index contributed by atoms with van der Waals surface area (Å²) >= 11 is 0. The van der Waals surface area contributed by atoms with Gasteiger partial charge in [-0.1, -0.05) is 37.9 Å². The van der Waals surface area contributed by atoms with Crippen LogP contribution in [0.4, 0.5) is 0 Å². The Morgan fingerprint density at radius 3 is 1.95 bits per heavy atom. The molecule has 0 fully saturated rings. The highest BCUT2D eigenvalue weighted by molar-refractivity contribution is 5.90.